The number of carbonyl (C=O) groups excluding carboxylic acids is 2. The minimum Gasteiger partial charge on any atom is -0.385 e. The predicted octanol–water partition coefficient (Wildman–Crippen LogP) is 5.21. The van der Waals surface area contributed by atoms with Crippen LogP contribution < -0.4 is 9.80 Å². The smallest absolute Gasteiger partial charge is 0.385 e. The van der Waals surface area contributed by atoms with Crippen molar-refractivity contribution in [3.63, 3.8) is 0 Å². The van der Waals surface area contributed by atoms with Crippen molar-refractivity contribution in [2.24, 2.45) is 0 Å². The zero-order chi connectivity index (χ0) is 30.0. The summed E-state index contributed by atoms with van der Waals surface area (Å²) in [4.78, 5) is 44.0. The SMILES string of the molecule is CCCCCCCN(CCc1csc(SC(C)(C)C(=O)OC(=O)C(F)(F)F)n1)c1ncc(N2CCN(C)CC2)cn1. The number of likely N-dealkylation sites (N-methyl/N-ethyl adjacent to an activating group) is 1. The Morgan fingerprint density at radius 3 is 2.32 bits per heavy atom. The number of unbranched alkanes of at least 4 members (excludes halogenated alkanes) is 4. The molecule has 0 amide bonds. The highest BCUT2D eigenvalue weighted by Gasteiger charge is 2.45. The van der Waals surface area contributed by atoms with Gasteiger partial charge < -0.3 is 19.4 Å². The van der Waals surface area contributed by atoms with Gasteiger partial charge in [0.15, 0.2) is 4.34 Å². The van der Waals surface area contributed by atoms with Gasteiger partial charge in [-0.1, -0.05) is 44.4 Å². The third-order valence-electron chi connectivity index (χ3n) is 6.73. The van der Waals surface area contributed by atoms with Gasteiger partial charge in [0.1, 0.15) is 4.75 Å². The van der Waals surface area contributed by atoms with Gasteiger partial charge in [-0.3, -0.25) is 4.79 Å². The van der Waals surface area contributed by atoms with Crippen LogP contribution in [0.3, 0.4) is 0 Å². The number of anilines is 2. The second-order valence-electron chi connectivity index (χ2n) is 10.6. The van der Waals surface area contributed by atoms with E-state index in [0.717, 1.165) is 68.7 Å². The largest absolute Gasteiger partial charge is 0.491 e. The van der Waals surface area contributed by atoms with E-state index in [-0.39, 0.29) is 0 Å². The topological polar surface area (TPSA) is 91.8 Å². The molecule has 0 atom stereocenters. The Bertz CT molecular complexity index is 1120. The van der Waals surface area contributed by atoms with E-state index in [4.69, 9.17) is 9.97 Å². The average Bonchev–Trinajstić information content (AvgIpc) is 3.36. The number of hydrogen-bond donors (Lipinski definition) is 0. The molecular formula is C27H39F3N6O3S2. The normalized spacial score (nSPS) is 14.8. The Hall–Kier alpha value is -2.45. The van der Waals surface area contributed by atoms with Gasteiger partial charge in [0.25, 0.3) is 0 Å². The number of esters is 2. The molecule has 9 nitrogen and oxygen atoms in total. The molecule has 0 radical (unpaired) electrons. The molecule has 1 saturated heterocycles. The van der Waals surface area contributed by atoms with E-state index in [2.05, 4.69) is 38.4 Å². The predicted molar refractivity (Wildman–Crippen MR) is 156 cm³/mol. The van der Waals surface area contributed by atoms with E-state index in [1.54, 1.807) is 0 Å². The fourth-order valence-corrected chi connectivity index (χ4v) is 6.41. The van der Waals surface area contributed by atoms with E-state index in [9.17, 15) is 22.8 Å². The first kappa shape index (κ1) is 33.1. The van der Waals surface area contributed by atoms with Gasteiger partial charge in [0.05, 0.1) is 23.8 Å². The van der Waals surface area contributed by atoms with Crippen LogP contribution in [0.25, 0.3) is 0 Å². The summed E-state index contributed by atoms with van der Waals surface area (Å²) >= 11 is 2.25. The van der Waals surface area contributed by atoms with Crippen molar-refractivity contribution in [2.45, 2.75) is 74.6 Å². The Morgan fingerprint density at radius 1 is 1.02 bits per heavy atom. The summed E-state index contributed by atoms with van der Waals surface area (Å²) < 4.78 is 40.6. The fraction of sp³-hybridized carbons (Fsp3) is 0.667. The third kappa shape index (κ3) is 10.4. The van der Waals surface area contributed by atoms with Gasteiger partial charge >= 0.3 is 18.1 Å². The molecule has 2 aromatic rings. The molecular weight excluding hydrogens is 577 g/mol. The number of ether oxygens (including phenoxy) is 1. The molecule has 0 spiro atoms. The molecule has 0 aromatic carbocycles. The molecule has 0 aliphatic carbocycles. The number of carbonyl (C=O) groups is 2. The summed E-state index contributed by atoms with van der Waals surface area (Å²) in [6.07, 6.45) is 4.88. The summed E-state index contributed by atoms with van der Waals surface area (Å²) in [6.45, 7) is 10.3. The molecule has 0 unspecified atom stereocenters. The highest BCUT2D eigenvalue weighted by molar-refractivity contribution is 8.03. The van der Waals surface area contributed by atoms with Gasteiger partial charge in [-0.25, -0.2) is 19.7 Å². The maximum absolute atomic E-state index is 12.5. The maximum atomic E-state index is 12.5. The minimum atomic E-state index is -5.23. The first-order chi connectivity index (χ1) is 19.4. The van der Waals surface area contributed by atoms with Crippen LogP contribution in [0.1, 0.15) is 58.6 Å². The van der Waals surface area contributed by atoms with E-state index >= 15 is 0 Å². The molecule has 1 aliphatic heterocycles. The van der Waals surface area contributed by atoms with Crippen LogP contribution in [0.15, 0.2) is 22.1 Å². The van der Waals surface area contributed by atoms with E-state index < -0.39 is 22.9 Å². The van der Waals surface area contributed by atoms with Crippen molar-refractivity contribution in [1.82, 2.24) is 19.9 Å². The molecule has 3 heterocycles. The number of hydrogen-bond acceptors (Lipinski definition) is 11. The van der Waals surface area contributed by atoms with Crippen LogP contribution in [0, 0.1) is 0 Å². The molecule has 41 heavy (non-hydrogen) atoms. The molecule has 14 heteroatoms. The van der Waals surface area contributed by atoms with E-state index in [1.165, 1.54) is 44.4 Å². The summed E-state index contributed by atoms with van der Waals surface area (Å²) in [7, 11) is 2.12. The monoisotopic (exact) mass is 616 g/mol. The molecule has 1 fully saturated rings. The van der Waals surface area contributed by atoms with Crippen molar-refractivity contribution in [1.29, 1.82) is 0 Å². The second-order valence-corrected chi connectivity index (χ2v) is 13.3. The summed E-state index contributed by atoms with van der Waals surface area (Å²) in [6, 6.07) is 0. The van der Waals surface area contributed by atoms with Gasteiger partial charge in [-0.15, -0.1) is 11.3 Å². The van der Waals surface area contributed by atoms with Gasteiger partial charge in [-0.2, -0.15) is 13.2 Å². The number of piperazine rings is 1. The standard InChI is InChI=1S/C27H39F3N6O3S2/c1-5-6-7-8-9-11-36(24-31-17-21(18-32-24)35-15-13-34(4)14-16-35)12-10-20-19-40-25(33-20)41-26(2,3)22(37)39-23(38)27(28,29)30/h17-19H,5-16H2,1-4H3. The second kappa shape index (κ2) is 15.1. The summed E-state index contributed by atoms with van der Waals surface area (Å²) in [5.41, 5.74) is 1.81. The van der Waals surface area contributed by atoms with Crippen LogP contribution >= 0.6 is 23.1 Å². The van der Waals surface area contributed by atoms with Crippen LogP contribution in [0.5, 0.6) is 0 Å². The van der Waals surface area contributed by atoms with Crippen LogP contribution in [-0.4, -0.2) is 89.0 Å². The number of aromatic nitrogens is 3. The lowest BCUT2D eigenvalue weighted by atomic mass is 10.1. The zero-order valence-electron chi connectivity index (χ0n) is 24.1. The fourth-order valence-electron chi connectivity index (χ4n) is 4.15. The average molecular weight is 617 g/mol. The van der Waals surface area contributed by atoms with Gasteiger partial charge in [0.2, 0.25) is 5.95 Å². The Balaban J connectivity index is 1.61. The van der Waals surface area contributed by atoms with Crippen LogP contribution in [-0.2, 0) is 20.7 Å². The van der Waals surface area contributed by atoms with Crippen molar-refractivity contribution in [2.75, 3.05) is 56.1 Å². The van der Waals surface area contributed by atoms with E-state index in [0.29, 0.717) is 23.3 Å². The quantitative estimate of drug-likeness (QED) is 0.122. The van der Waals surface area contributed by atoms with Gasteiger partial charge in [-0.05, 0) is 27.3 Å². The number of rotatable bonds is 14. The van der Waals surface area contributed by atoms with Crippen LogP contribution in [0.2, 0.25) is 0 Å². The highest BCUT2D eigenvalue weighted by Crippen LogP contribution is 2.36. The first-order valence-electron chi connectivity index (χ1n) is 13.9. The Morgan fingerprint density at radius 2 is 1.68 bits per heavy atom. The molecule has 0 bridgehead atoms. The van der Waals surface area contributed by atoms with E-state index in [1.807, 2.05) is 17.8 Å². The lowest BCUT2D eigenvalue weighted by molar-refractivity contribution is -0.202. The molecule has 228 valence electrons. The molecule has 3 rings (SSSR count). The summed E-state index contributed by atoms with van der Waals surface area (Å²) in [5, 5.41) is 1.86. The number of nitrogens with zero attached hydrogens (tertiary/aromatic N) is 6. The molecule has 0 N–H and O–H groups in total. The maximum Gasteiger partial charge on any atom is 0.491 e. The van der Waals surface area contributed by atoms with Crippen molar-refractivity contribution in [3.05, 3.63) is 23.5 Å². The van der Waals surface area contributed by atoms with Crippen LogP contribution in [0.4, 0.5) is 24.8 Å². The third-order valence-corrected chi connectivity index (χ3v) is 8.89. The lowest BCUT2D eigenvalue weighted by Gasteiger charge is -2.33. The number of thiazole rings is 1. The number of alkyl halides is 3. The number of thioether (sulfide) groups is 1. The highest BCUT2D eigenvalue weighted by atomic mass is 32.2. The van der Waals surface area contributed by atoms with Crippen molar-refractivity contribution < 1.29 is 27.5 Å². The summed E-state index contributed by atoms with van der Waals surface area (Å²) in [5.74, 6) is -3.13. The van der Waals surface area contributed by atoms with Gasteiger partial charge in [0, 0.05) is 51.1 Å². The zero-order valence-corrected chi connectivity index (χ0v) is 25.7. The van der Waals surface area contributed by atoms with Crippen molar-refractivity contribution >= 4 is 46.7 Å². The Kier molecular flexibility index (Phi) is 12.2. The lowest BCUT2D eigenvalue weighted by Crippen LogP contribution is -2.44. The number of halogens is 3. The molecule has 0 saturated carbocycles. The molecule has 1 aliphatic rings. The Labute approximate surface area is 247 Å². The first-order valence-corrected chi connectivity index (χ1v) is 15.6. The molecule has 2 aromatic heterocycles. The minimum absolute atomic E-state index is 0.500. The van der Waals surface area contributed by atoms with Crippen molar-refractivity contribution in [3.8, 4) is 0 Å².